The van der Waals surface area contributed by atoms with Crippen LogP contribution in [0.2, 0.25) is 0 Å². The maximum atomic E-state index is 12.4. The molecule has 2 heterocycles. The van der Waals surface area contributed by atoms with Crippen LogP contribution in [-0.2, 0) is 28.4 Å². The first-order valence-corrected chi connectivity index (χ1v) is 17.4. The zero-order valence-corrected chi connectivity index (χ0v) is 28.2. The van der Waals surface area contributed by atoms with E-state index in [1.807, 2.05) is 13.8 Å². The third-order valence-electron chi connectivity index (χ3n) is 13.7. The molecular formula is C35H58O10. The van der Waals surface area contributed by atoms with Crippen molar-refractivity contribution >= 4 is 0 Å². The monoisotopic (exact) mass is 638 g/mol. The number of allylic oxidation sites excluding steroid dienone is 2. The number of rotatable bonds is 7. The van der Waals surface area contributed by atoms with E-state index in [0.717, 1.165) is 38.5 Å². The minimum atomic E-state index is -1.05. The molecular weight excluding hydrogens is 580 g/mol. The number of aliphatic hydroxyl groups is 4. The standard InChI is InChI=1S/C35H58O10/c1-18-28(36)26(40-6)17-27(42-18)44-20(3)35(39)15-12-25-23-9-8-21-16-22(10-13-33(21,4)24(23)11-14-34(25,35)5)45-32-30(38)31(41-7)29(37)19(2)43-32/h8-9,18-32,36-39H,10-17H2,1-7H3/t18-,19-,20+,21+,22+,23-,24+,25+,26-,27+,28-,29+,30-,31+,32+,33+,34+,35+/m1/s1. The molecule has 4 N–H and O–H groups in total. The minimum absolute atomic E-state index is 0.0455. The fourth-order valence-corrected chi connectivity index (χ4v) is 10.7. The number of fused-ring (bicyclic) bond motifs is 5. The van der Waals surface area contributed by atoms with Crippen LogP contribution in [0, 0.1) is 34.5 Å². The summed E-state index contributed by atoms with van der Waals surface area (Å²) in [6, 6.07) is 0. The zero-order chi connectivity index (χ0) is 32.5. The maximum absolute atomic E-state index is 12.4. The molecule has 10 nitrogen and oxygen atoms in total. The molecule has 0 aromatic carbocycles. The molecule has 0 aromatic rings. The van der Waals surface area contributed by atoms with Crippen molar-refractivity contribution in [3.05, 3.63) is 12.2 Å². The predicted octanol–water partition coefficient (Wildman–Crippen LogP) is 3.32. The summed E-state index contributed by atoms with van der Waals surface area (Å²) in [5.41, 5.74) is -1.12. The fourth-order valence-electron chi connectivity index (χ4n) is 10.7. The lowest BCUT2D eigenvalue weighted by molar-refractivity contribution is -0.311. The fraction of sp³-hybridized carbons (Fsp3) is 0.943. The highest BCUT2D eigenvalue weighted by Gasteiger charge is 2.66. The van der Waals surface area contributed by atoms with Crippen LogP contribution in [0.15, 0.2) is 12.2 Å². The average molecular weight is 639 g/mol. The van der Waals surface area contributed by atoms with Gasteiger partial charge in [0, 0.05) is 26.1 Å². The van der Waals surface area contributed by atoms with E-state index >= 15 is 0 Å². The van der Waals surface area contributed by atoms with Crippen LogP contribution < -0.4 is 0 Å². The van der Waals surface area contributed by atoms with Crippen molar-refractivity contribution in [3.8, 4) is 0 Å². The maximum Gasteiger partial charge on any atom is 0.186 e. The molecule has 258 valence electrons. The Morgan fingerprint density at radius 2 is 1.53 bits per heavy atom. The Kier molecular flexibility index (Phi) is 9.62. The van der Waals surface area contributed by atoms with E-state index in [-0.39, 0.29) is 23.0 Å². The van der Waals surface area contributed by atoms with Crippen LogP contribution in [-0.4, -0.2) is 108 Å². The summed E-state index contributed by atoms with van der Waals surface area (Å²) in [7, 11) is 3.09. The van der Waals surface area contributed by atoms with Crippen LogP contribution in [0.5, 0.6) is 0 Å². The summed E-state index contributed by atoms with van der Waals surface area (Å²) >= 11 is 0. The van der Waals surface area contributed by atoms with Gasteiger partial charge < -0.3 is 48.8 Å². The predicted molar refractivity (Wildman–Crippen MR) is 165 cm³/mol. The Bertz CT molecular complexity index is 1070. The van der Waals surface area contributed by atoms with Gasteiger partial charge in [0.1, 0.15) is 24.4 Å². The molecule has 2 saturated heterocycles. The molecule has 0 unspecified atom stereocenters. The molecule has 18 atom stereocenters. The van der Waals surface area contributed by atoms with Gasteiger partial charge in [-0.05, 0) is 94.8 Å². The molecule has 10 heteroatoms. The first kappa shape index (κ1) is 34.2. The number of ether oxygens (including phenoxy) is 6. The van der Waals surface area contributed by atoms with Crippen LogP contribution in [0.3, 0.4) is 0 Å². The van der Waals surface area contributed by atoms with Crippen LogP contribution in [0.4, 0.5) is 0 Å². The van der Waals surface area contributed by atoms with E-state index in [2.05, 4.69) is 26.0 Å². The normalized spacial score (nSPS) is 55.4. The molecule has 0 amide bonds. The van der Waals surface area contributed by atoms with E-state index in [4.69, 9.17) is 28.4 Å². The van der Waals surface area contributed by atoms with E-state index in [1.165, 1.54) is 7.11 Å². The van der Waals surface area contributed by atoms with Gasteiger partial charge in [-0.3, -0.25) is 0 Å². The van der Waals surface area contributed by atoms with Crippen molar-refractivity contribution in [2.75, 3.05) is 14.2 Å². The topological polar surface area (TPSA) is 136 Å². The molecule has 0 spiro atoms. The first-order valence-electron chi connectivity index (χ1n) is 17.4. The van der Waals surface area contributed by atoms with Crippen molar-refractivity contribution < 1.29 is 48.8 Å². The van der Waals surface area contributed by atoms with Crippen molar-refractivity contribution in [2.24, 2.45) is 34.5 Å². The Morgan fingerprint density at radius 3 is 2.24 bits per heavy atom. The lowest BCUT2D eigenvalue weighted by Gasteiger charge is -2.60. The van der Waals surface area contributed by atoms with E-state index in [9.17, 15) is 20.4 Å². The van der Waals surface area contributed by atoms with Gasteiger partial charge in [0.25, 0.3) is 0 Å². The SMILES string of the molecule is CO[C@H]1[C@@H](O)[C@@H](C)O[C@@H](O[C@H]2CC[C@@]3(C)[C@@H](C=C[C@@H]4[C@@H]3CC[C@@]3(C)[C@H]4CC[C@]3(O)[C@H](C)O[C@H]3C[C@@H](OC)[C@H](O)[C@@H](C)O3)C2)[C@@H]1O. The van der Waals surface area contributed by atoms with Gasteiger partial charge in [0.05, 0.1) is 36.1 Å². The summed E-state index contributed by atoms with van der Waals surface area (Å²) in [6.07, 6.45) is 5.25. The zero-order valence-electron chi connectivity index (χ0n) is 28.2. The second-order valence-corrected chi connectivity index (χ2v) is 15.7. The summed E-state index contributed by atoms with van der Waals surface area (Å²) in [5.74, 6) is 1.65. The summed E-state index contributed by atoms with van der Waals surface area (Å²) in [5, 5.41) is 44.0. The van der Waals surface area contributed by atoms with Gasteiger partial charge >= 0.3 is 0 Å². The van der Waals surface area contributed by atoms with Crippen molar-refractivity contribution in [1.29, 1.82) is 0 Å². The molecule has 3 saturated carbocycles. The minimum Gasteiger partial charge on any atom is -0.388 e. The van der Waals surface area contributed by atoms with Gasteiger partial charge in [-0.15, -0.1) is 0 Å². The second-order valence-electron chi connectivity index (χ2n) is 15.7. The lowest BCUT2D eigenvalue weighted by Crippen LogP contribution is -2.60. The molecule has 5 fully saturated rings. The van der Waals surface area contributed by atoms with Crippen molar-refractivity contribution in [3.63, 3.8) is 0 Å². The first-order chi connectivity index (χ1) is 21.3. The lowest BCUT2D eigenvalue weighted by atomic mass is 9.46. The largest absolute Gasteiger partial charge is 0.388 e. The highest BCUT2D eigenvalue weighted by Crippen LogP contribution is 2.67. The van der Waals surface area contributed by atoms with Gasteiger partial charge in [0.15, 0.2) is 12.6 Å². The third kappa shape index (κ3) is 5.57. The molecule has 4 aliphatic carbocycles. The highest BCUT2D eigenvalue weighted by molar-refractivity contribution is 5.21. The third-order valence-corrected chi connectivity index (χ3v) is 13.7. The van der Waals surface area contributed by atoms with Crippen LogP contribution in [0.25, 0.3) is 0 Å². The van der Waals surface area contributed by atoms with Crippen LogP contribution in [0.1, 0.15) is 86.0 Å². The number of methoxy groups -OCH3 is 2. The van der Waals surface area contributed by atoms with Crippen molar-refractivity contribution in [2.45, 2.75) is 159 Å². The Labute approximate surface area is 268 Å². The quantitative estimate of drug-likeness (QED) is 0.308. The summed E-state index contributed by atoms with van der Waals surface area (Å²) in [6.45, 7) is 10.3. The molecule has 45 heavy (non-hydrogen) atoms. The molecule has 0 aromatic heterocycles. The van der Waals surface area contributed by atoms with Crippen LogP contribution >= 0.6 is 0 Å². The van der Waals surface area contributed by atoms with Gasteiger partial charge in [-0.2, -0.15) is 0 Å². The van der Waals surface area contributed by atoms with E-state index in [1.54, 1.807) is 14.0 Å². The Balaban J connectivity index is 1.13. The average Bonchev–Trinajstić information content (AvgIpc) is 3.29. The molecule has 2 aliphatic heterocycles. The summed E-state index contributed by atoms with van der Waals surface area (Å²) < 4.78 is 35.6. The van der Waals surface area contributed by atoms with Gasteiger partial charge in [0.2, 0.25) is 0 Å². The Hall–Kier alpha value is -0.660. The molecule has 6 aliphatic rings. The molecule has 0 bridgehead atoms. The van der Waals surface area contributed by atoms with Crippen molar-refractivity contribution in [1.82, 2.24) is 0 Å². The van der Waals surface area contributed by atoms with E-state index < -0.39 is 60.9 Å². The highest BCUT2D eigenvalue weighted by atomic mass is 16.7. The smallest absolute Gasteiger partial charge is 0.186 e. The number of hydrogen-bond donors (Lipinski definition) is 4. The molecule has 6 rings (SSSR count). The summed E-state index contributed by atoms with van der Waals surface area (Å²) in [4.78, 5) is 0. The number of aliphatic hydroxyl groups excluding tert-OH is 3. The van der Waals surface area contributed by atoms with Gasteiger partial charge in [-0.1, -0.05) is 26.0 Å². The van der Waals surface area contributed by atoms with E-state index in [0.29, 0.717) is 36.5 Å². The number of hydrogen-bond acceptors (Lipinski definition) is 10. The molecule has 0 radical (unpaired) electrons. The van der Waals surface area contributed by atoms with Gasteiger partial charge in [-0.25, -0.2) is 0 Å². The Morgan fingerprint density at radius 1 is 0.822 bits per heavy atom. The second kappa shape index (κ2) is 12.7.